The first kappa shape index (κ1) is 9.37. The minimum Gasteiger partial charge on any atom is -0.248 e. The van der Waals surface area contributed by atoms with Crippen LogP contribution >= 0.6 is 43.2 Å². The third kappa shape index (κ3) is 2.00. The van der Waals surface area contributed by atoms with Crippen molar-refractivity contribution in [3.63, 3.8) is 0 Å². The standard InChI is InChI=1S/C9H5Br2NS/c10-8-4-12-9(11)3-7(8)6-1-2-13-5-6/h1-5H. The van der Waals surface area contributed by atoms with Crippen molar-refractivity contribution in [1.82, 2.24) is 4.98 Å². The highest BCUT2D eigenvalue weighted by Crippen LogP contribution is 2.30. The second-order valence-electron chi connectivity index (χ2n) is 2.50. The first-order valence-electron chi connectivity index (χ1n) is 3.61. The summed E-state index contributed by atoms with van der Waals surface area (Å²) < 4.78 is 1.88. The minimum atomic E-state index is 0.858. The minimum absolute atomic E-state index is 0.858. The van der Waals surface area contributed by atoms with E-state index in [9.17, 15) is 0 Å². The van der Waals surface area contributed by atoms with Crippen LogP contribution in [-0.4, -0.2) is 4.98 Å². The number of halogens is 2. The van der Waals surface area contributed by atoms with Crippen molar-refractivity contribution < 1.29 is 0 Å². The fraction of sp³-hybridized carbons (Fsp3) is 0. The Morgan fingerprint density at radius 3 is 2.85 bits per heavy atom. The van der Waals surface area contributed by atoms with Gasteiger partial charge < -0.3 is 0 Å². The summed E-state index contributed by atoms with van der Waals surface area (Å²) in [5.41, 5.74) is 2.39. The number of aromatic nitrogens is 1. The van der Waals surface area contributed by atoms with E-state index in [2.05, 4.69) is 53.7 Å². The van der Waals surface area contributed by atoms with Gasteiger partial charge in [0, 0.05) is 16.2 Å². The molecule has 2 aromatic heterocycles. The Hall–Kier alpha value is -0.190. The van der Waals surface area contributed by atoms with Gasteiger partial charge >= 0.3 is 0 Å². The summed E-state index contributed by atoms with van der Waals surface area (Å²) in [7, 11) is 0. The van der Waals surface area contributed by atoms with E-state index < -0.39 is 0 Å². The van der Waals surface area contributed by atoms with Gasteiger partial charge in [0.1, 0.15) is 4.60 Å². The van der Waals surface area contributed by atoms with Crippen LogP contribution in [0.3, 0.4) is 0 Å². The van der Waals surface area contributed by atoms with Crippen LogP contribution < -0.4 is 0 Å². The van der Waals surface area contributed by atoms with Crippen molar-refractivity contribution in [1.29, 1.82) is 0 Å². The Morgan fingerprint density at radius 2 is 2.15 bits per heavy atom. The Bertz CT molecular complexity index is 412. The number of hydrogen-bond donors (Lipinski definition) is 0. The molecule has 4 heteroatoms. The fourth-order valence-electron chi connectivity index (χ4n) is 1.05. The van der Waals surface area contributed by atoms with Crippen LogP contribution in [0.1, 0.15) is 0 Å². The SMILES string of the molecule is Brc1cc(-c2ccsc2)c(Br)cn1. The van der Waals surface area contributed by atoms with E-state index in [0.717, 1.165) is 9.08 Å². The molecule has 0 N–H and O–H groups in total. The second-order valence-corrected chi connectivity index (χ2v) is 4.95. The maximum absolute atomic E-state index is 4.12. The molecular formula is C9H5Br2NS. The van der Waals surface area contributed by atoms with Crippen molar-refractivity contribution in [2.75, 3.05) is 0 Å². The van der Waals surface area contributed by atoms with E-state index in [-0.39, 0.29) is 0 Å². The molecule has 0 aliphatic rings. The lowest BCUT2D eigenvalue weighted by Crippen LogP contribution is -1.80. The number of nitrogens with zero attached hydrogens (tertiary/aromatic N) is 1. The molecule has 2 aromatic rings. The summed E-state index contributed by atoms with van der Waals surface area (Å²) in [6, 6.07) is 4.10. The zero-order valence-corrected chi connectivity index (χ0v) is 10.5. The summed E-state index contributed by atoms with van der Waals surface area (Å²) in [6.45, 7) is 0. The van der Waals surface area contributed by atoms with Gasteiger partial charge in [-0.3, -0.25) is 0 Å². The van der Waals surface area contributed by atoms with Crippen molar-refractivity contribution in [2.24, 2.45) is 0 Å². The fourth-order valence-corrected chi connectivity index (χ4v) is 2.49. The highest BCUT2D eigenvalue weighted by atomic mass is 79.9. The molecule has 0 saturated heterocycles. The molecule has 2 rings (SSSR count). The molecule has 1 nitrogen and oxygen atoms in total. The van der Waals surface area contributed by atoms with Crippen molar-refractivity contribution >= 4 is 43.2 Å². The van der Waals surface area contributed by atoms with Gasteiger partial charge in [-0.15, -0.1) is 0 Å². The third-order valence-corrected chi connectivity index (χ3v) is 3.40. The van der Waals surface area contributed by atoms with E-state index >= 15 is 0 Å². The molecule has 0 saturated carbocycles. The lowest BCUT2D eigenvalue weighted by atomic mass is 10.1. The Morgan fingerprint density at radius 1 is 1.31 bits per heavy atom. The van der Waals surface area contributed by atoms with E-state index in [1.165, 1.54) is 11.1 Å². The molecule has 66 valence electrons. The summed E-state index contributed by atoms with van der Waals surface area (Å²) in [6.07, 6.45) is 1.80. The largest absolute Gasteiger partial charge is 0.248 e. The number of hydrogen-bond acceptors (Lipinski definition) is 2. The Kier molecular flexibility index (Phi) is 2.81. The average molecular weight is 319 g/mol. The van der Waals surface area contributed by atoms with E-state index in [4.69, 9.17) is 0 Å². The van der Waals surface area contributed by atoms with Gasteiger partial charge in [0.15, 0.2) is 0 Å². The monoisotopic (exact) mass is 317 g/mol. The molecule has 0 fully saturated rings. The average Bonchev–Trinajstić information content (AvgIpc) is 2.61. The summed E-state index contributed by atoms with van der Waals surface area (Å²) in [4.78, 5) is 4.12. The molecule has 0 atom stereocenters. The maximum atomic E-state index is 4.12. The van der Waals surface area contributed by atoms with Crippen LogP contribution in [0.15, 0.2) is 38.2 Å². The van der Waals surface area contributed by atoms with E-state index in [1.54, 1.807) is 17.5 Å². The highest BCUT2D eigenvalue weighted by Gasteiger charge is 2.04. The topological polar surface area (TPSA) is 12.9 Å². The smallest absolute Gasteiger partial charge is 0.106 e. The van der Waals surface area contributed by atoms with Crippen LogP contribution in [0.4, 0.5) is 0 Å². The van der Waals surface area contributed by atoms with Crippen LogP contribution in [0.25, 0.3) is 11.1 Å². The molecule has 0 radical (unpaired) electrons. The van der Waals surface area contributed by atoms with E-state index in [0.29, 0.717) is 0 Å². The van der Waals surface area contributed by atoms with Gasteiger partial charge in [-0.05, 0) is 60.3 Å². The second kappa shape index (κ2) is 3.90. The summed E-state index contributed by atoms with van der Waals surface area (Å²) in [5.74, 6) is 0. The normalized spacial score (nSPS) is 10.3. The Labute approximate surface area is 97.1 Å². The van der Waals surface area contributed by atoms with E-state index in [1.807, 2.05) is 6.07 Å². The molecule has 0 aliphatic carbocycles. The quantitative estimate of drug-likeness (QED) is 0.713. The summed E-state index contributed by atoms with van der Waals surface area (Å²) in [5, 5.41) is 4.18. The molecule has 13 heavy (non-hydrogen) atoms. The van der Waals surface area contributed by atoms with Gasteiger partial charge in [0.25, 0.3) is 0 Å². The molecule has 0 aromatic carbocycles. The molecule has 0 aliphatic heterocycles. The molecule has 2 heterocycles. The lowest BCUT2D eigenvalue weighted by molar-refractivity contribution is 1.26. The van der Waals surface area contributed by atoms with Crippen molar-refractivity contribution in [3.8, 4) is 11.1 Å². The lowest BCUT2D eigenvalue weighted by Gasteiger charge is -2.01. The van der Waals surface area contributed by atoms with Gasteiger partial charge in [-0.2, -0.15) is 11.3 Å². The van der Waals surface area contributed by atoms with Crippen molar-refractivity contribution in [2.45, 2.75) is 0 Å². The van der Waals surface area contributed by atoms with Crippen LogP contribution in [0.5, 0.6) is 0 Å². The van der Waals surface area contributed by atoms with Gasteiger partial charge in [-0.25, -0.2) is 4.98 Å². The molecule has 0 unspecified atom stereocenters. The molecule has 0 amide bonds. The van der Waals surface area contributed by atoms with Gasteiger partial charge in [-0.1, -0.05) is 0 Å². The predicted molar refractivity (Wildman–Crippen MR) is 63.0 cm³/mol. The Balaban J connectivity index is 2.57. The number of rotatable bonds is 1. The van der Waals surface area contributed by atoms with Crippen LogP contribution in [0.2, 0.25) is 0 Å². The molecule has 0 spiro atoms. The van der Waals surface area contributed by atoms with Gasteiger partial charge in [0.05, 0.1) is 0 Å². The summed E-state index contributed by atoms with van der Waals surface area (Å²) >= 11 is 8.52. The first-order chi connectivity index (χ1) is 6.27. The van der Waals surface area contributed by atoms with Crippen LogP contribution in [-0.2, 0) is 0 Å². The molecular weight excluding hydrogens is 314 g/mol. The first-order valence-corrected chi connectivity index (χ1v) is 6.14. The molecule has 0 bridgehead atoms. The van der Waals surface area contributed by atoms with Crippen molar-refractivity contribution in [3.05, 3.63) is 38.2 Å². The predicted octanol–water partition coefficient (Wildman–Crippen LogP) is 4.34. The maximum Gasteiger partial charge on any atom is 0.106 e. The zero-order chi connectivity index (χ0) is 9.26. The highest BCUT2D eigenvalue weighted by molar-refractivity contribution is 9.11. The number of thiophene rings is 1. The zero-order valence-electron chi connectivity index (χ0n) is 6.50. The van der Waals surface area contributed by atoms with Crippen LogP contribution in [0, 0.1) is 0 Å². The number of pyridine rings is 1. The third-order valence-electron chi connectivity index (χ3n) is 1.65. The van der Waals surface area contributed by atoms with Gasteiger partial charge in [0.2, 0.25) is 0 Å².